The Morgan fingerprint density at radius 3 is 2.61 bits per heavy atom. The standard InChI is InChI=1S/C19H16FN5O4S2/c20-14-8-7-13(10-15(14)25(28)29)21-17(27)11-30-19-24-23-18(31-19)22-16(26)9-6-12-4-2-1-3-5-12/h1-5,7-8,10H,6,9,11H2,(H,21,27)(H,22,23,26). The number of anilines is 2. The molecular weight excluding hydrogens is 445 g/mol. The van der Waals surface area contributed by atoms with Crippen molar-refractivity contribution in [2.45, 2.75) is 17.2 Å². The predicted molar refractivity (Wildman–Crippen MR) is 116 cm³/mol. The van der Waals surface area contributed by atoms with E-state index in [0.717, 1.165) is 40.8 Å². The van der Waals surface area contributed by atoms with E-state index in [0.29, 0.717) is 22.3 Å². The summed E-state index contributed by atoms with van der Waals surface area (Å²) in [6.45, 7) is 0. The third-order valence-electron chi connectivity index (χ3n) is 3.89. The first-order chi connectivity index (χ1) is 14.9. The van der Waals surface area contributed by atoms with Crippen LogP contribution in [0.15, 0.2) is 52.9 Å². The first kappa shape index (κ1) is 22.3. The van der Waals surface area contributed by atoms with Crippen molar-refractivity contribution in [1.82, 2.24) is 10.2 Å². The number of hydrogen-bond donors (Lipinski definition) is 2. The summed E-state index contributed by atoms with van der Waals surface area (Å²) < 4.78 is 13.8. The van der Waals surface area contributed by atoms with Crippen LogP contribution in [0.1, 0.15) is 12.0 Å². The van der Waals surface area contributed by atoms with Crippen molar-refractivity contribution < 1.29 is 18.9 Å². The number of hydrogen-bond acceptors (Lipinski definition) is 8. The fourth-order valence-corrected chi connectivity index (χ4v) is 4.03. The zero-order valence-electron chi connectivity index (χ0n) is 15.9. The molecule has 1 aromatic heterocycles. The van der Waals surface area contributed by atoms with Gasteiger partial charge in [0, 0.05) is 18.2 Å². The van der Waals surface area contributed by atoms with E-state index in [1.54, 1.807) is 0 Å². The van der Waals surface area contributed by atoms with E-state index in [-0.39, 0.29) is 17.3 Å². The van der Waals surface area contributed by atoms with Crippen molar-refractivity contribution in [2.24, 2.45) is 0 Å². The Morgan fingerprint density at radius 2 is 1.87 bits per heavy atom. The molecule has 31 heavy (non-hydrogen) atoms. The zero-order chi connectivity index (χ0) is 22.2. The lowest BCUT2D eigenvalue weighted by atomic mass is 10.1. The van der Waals surface area contributed by atoms with Gasteiger partial charge in [-0.15, -0.1) is 10.2 Å². The summed E-state index contributed by atoms with van der Waals surface area (Å²) in [5.74, 6) is -1.66. The highest BCUT2D eigenvalue weighted by atomic mass is 32.2. The molecule has 0 aliphatic carbocycles. The Bertz CT molecular complexity index is 1090. The maximum Gasteiger partial charge on any atom is 0.306 e. The fraction of sp³-hybridized carbons (Fsp3) is 0.158. The third-order valence-corrected chi connectivity index (χ3v) is 5.86. The molecule has 0 spiro atoms. The summed E-state index contributed by atoms with van der Waals surface area (Å²) in [6, 6.07) is 12.7. The molecule has 9 nitrogen and oxygen atoms in total. The number of nitrogens with one attached hydrogen (secondary N) is 2. The topological polar surface area (TPSA) is 127 Å². The number of thioether (sulfide) groups is 1. The van der Waals surface area contributed by atoms with Gasteiger partial charge in [0.1, 0.15) is 0 Å². The summed E-state index contributed by atoms with van der Waals surface area (Å²) in [5, 5.41) is 24.0. The van der Waals surface area contributed by atoms with Crippen LogP contribution in [-0.2, 0) is 16.0 Å². The average molecular weight is 462 g/mol. The molecule has 0 aliphatic rings. The monoisotopic (exact) mass is 461 g/mol. The Hall–Kier alpha value is -3.38. The molecule has 0 saturated carbocycles. The van der Waals surface area contributed by atoms with Gasteiger partial charge < -0.3 is 10.6 Å². The minimum absolute atomic E-state index is 0.0399. The van der Waals surface area contributed by atoms with E-state index in [1.165, 1.54) is 6.07 Å². The third kappa shape index (κ3) is 6.83. The lowest BCUT2D eigenvalue weighted by molar-refractivity contribution is -0.387. The summed E-state index contributed by atoms with van der Waals surface area (Å²) in [7, 11) is 0. The molecule has 1 heterocycles. The van der Waals surface area contributed by atoms with Crippen LogP contribution in [0.2, 0.25) is 0 Å². The van der Waals surface area contributed by atoms with Gasteiger partial charge in [0.2, 0.25) is 22.8 Å². The maximum atomic E-state index is 13.4. The smallest absolute Gasteiger partial charge is 0.306 e. The largest absolute Gasteiger partial charge is 0.325 e. The molecule has 2 aromatic carbocycles. The Kier molecular flexibility index (Phi) is 7.62. The normalized spacial score (nSPS) is 10.5. The first-order valence-corrected chi connectivity index (χ1v) is 10.7. The molecule has 3 rings (SSSR count). The van der Waals surface area contributed by atoms with Crippen LogP contribution in [-0.4, -0.2) is 32.7 Å². The number of aromatic nitrogens is 2. The van der Waals surface area contributed by atoms with E-state index in [2.05, 4.69) is 20.8 Å². The van der Waals surface area contributed by atoms with Crippen LogP contribution in [0.25, 0.3) is 0 Å². The van der Waals surface area contributed by atoms with Gasteiger partial charge in [0.25, 0.3) is 0 Å². The van der Waals surface area contributed by atoms with Crippen molar-refractivity contribution in [1.29, 1.82) is 0 Å². The predicted octanol–water partition coefficient (Wildman–Crippen LogP) is 3.89. The molecular formula is C19H16FN5O4S2. The summed E-state index contributed by atoms with van der Waals surface area (Å²) in [6.07, 6.45) is 0.910. The van der Waals surface area contributed by atoms with E-state index in [1.807, 2.05) is 30.3 Å². The highest BCUT2D eigenvalue weighted by Gasteiger charge is 2.16. The highest BCUT2D eigenvalue weighted by Crippen LogP contribution is 2.26. The Balaban J connectivity index is 1.45. The number of aryl methyl sites for hydroxylation is 1. The molecule has 0 fully saturated rings. The van der Waals surface area contributed by atoms with Crippen LogP contribution in [0, 0.1) is 15.9 Å². The van der Waals surface area contributed by atoms with Gasteiger partial charge in [0.05, 0.1) is 10.7 Å². The van der Waals surface area contributed by atoms with Crippen molar-refractivity contribution >= 4 is 51.4 Å². The van der Waals surface area contributed by atoms with Gasteiger partial charge in [-0.2, -0.15) is 4.39 Å². The highest BCUT2D eigenvalue weighted by molar-refractivity contribution is 8.01. The van der Waals surface area contributed by atoms with Gasteiger partial charge in [-0.1, -0.05) is 53.4 Å². The van der Waals surface area contributed by atoms with Crippen LogP contribution in [0.3, 0.4) is 0 Å². The van der Waals surface area contributed by atoms with Gasteiger partial charge in [-0.3, -0.25) is 19.7 Å². The van der Waals surface area contributed by atoms with Gasteiger partial charge in [-0.25, -0.2) is 0 Å². The van der Waals surface area contributed by atoms with Crippen LogP contribution >= 0.6 is 23.1 Å². The second-order valence-corrected chi connectivity index (χ2v) is 8.37. The fourth-order valence-electron chi connectivity index (χ4n) is 2.46. The maximum absolute atomic E-state index is 13.4. The molecule has 0 aliphatic heterocycles. The molecule has 0 radical (unpaired) electrons. The lowest BCUT2D eigenvalue weighted by Crippen LogP contribution is -2.14. The van der Waals surface area contributed by atoms with E-state index < -0.39 is 22.3 Å². The molecule has 0 bridgehead atoms. The first-order valence-electron chi connectivity index (χ1n) is 8.94. The molecule has 0 unspecified atom stereocenters. The summed E-state index contributed by atoms with van der Waals surface area (Å²) in [5.41, 5.74) is 0.452. The number of nitro benzene ring substituents is 1. The summed E-state index contributed by atoms with van der Waals surface area (Å²) in [4.78, 5) is 34.0. The minimum Gasteiger partial charge on any atom is -0.325 e. The SMILES string of the molecule is O=C(CSc1nnc(NC(=O)CCc2ccccc2)s1)Nc1ccc(F)c([N+](=O)[O-])c1. The number of benzene rings is 2. The number of amides is 2. The number of halogens is 1. The molecule has 0 saturated heterocycles. The molecule has 0 atom stereocenters. The van der Waals surface area contributed by atoms with Gasteiger partial charge >= 0.3 is 5.69 Å². The van der Waals surface area contributed by atoms with E-state index in [9.17, 15) is 24.1 Å². The van der Waals surface area contributed by atoms with Crippen molar-refractivity contribution in [2.75, 3.05) is 16.4 Å². The van der Waals surface area contributed by atoms with Crippen molar-refractivity contribution in [3.8, 4) is 0 Å². The van der Waals surface area contributed by atoms with Crippen LogP contribution < -0.4 is 10.6 Å². The number of carbonyl (C=O) groups excluding carboxylic acids is 2. The second kappa shape index (κ2) is 10.6. The molecule has 2 amide bonds. The summed E-state index contributed by atoms with van der Waals surface area (Å²) >= 11 is 2.22. The van der Waals surface area contributed by atoms with E-state index in [4.69, 9.17) is 0 Å². The molecule has 12 heteroatoms. The lowest BCUT2D eigenvalue weighted by Gasteiger charge is -2.04. The van der Waals surface area contributed by atoms with E-state index >= 15 is 0 Å². The van der Waals surface area contributed by atoms with Gasteiger partial charge in [0.15, 0.2) is 4.34 Å². The quantitative estimate of drug-likeness (QED) is 0.214. The van der Waals surface area contributed by atoms with Crippen LogP contribution in [0.5, 0.6) is 0 Å². The number of rotatable bonds is 9. The second-order valence-electron chi connectivity index (χ2n) is 6.17. The molecule has 3 aromatic rings. The molecule has 160 valence electrons. The van der Waals surface area contributed by atoms with Crippen molar-refractivity contribution in [3.63, 3.8) is 0 Å². The number of carbonyl (C=O) groups is 2. The number of nitrogens with zero attached hydrogens (tertiary/aromatic N) is 3. The average Bonchev–Trinajstić information content (AvgIpc) is 3.20. The Morgan fingerprint density at radius 1 is 1.10 bits per heavy atom. The number of nitro groups is 1. The zero-order valence-corrected chi connectivity index (χ0v) is 17.5. The van der Waals surface area contributed by atoms with Crippen molar-refractivity contribution in [3.05, 3.63) is 70.0 Å². The van der Waals surface area contributed by atoms with Crippen LogP contribution in [0.4, 0.5) is 20.9 Å². The minimum atomic E-state index is -0.982. The molecule has 2 N–H and O–H groups in total. The van der Waals surface area contributed by atoms with Gasteiger partial charge in [-0.05, 0) is 24.1 Å². The Labute approximate surface area is 184 Å².